The second-order valence-corrected chi connectivity index (χ2v) is 6.30. The third-order valence-electron chi connectivity index (χ3n) is 4.35. The first kappa shape index (κ1) is 16.1. The molecule has 2 heterocycles. The van der Waals surface area contributed by atoms with Crippen LogP contribution in [0.4, 0.5) is 0 Å². The molecule has 0 saturated heterocycles. The SMILES string of the molecule is N#Cc1c(C(=O)c2ccccc2)c(-c2ccc(Cl)cc2)c2ccccn12. The first-order valence-electron chi connectivity index (χ1n) is 8.09. The van der Waals surface area contributed by atoms with E-state index >= 15 is 0 Å². The lowest BCUT2D eigenvalue weighted by Gasteiger charge is -2.06. The molecule has 0 unspecified atom stereocenters. The van der Waals surface area contributed by atoms with Crippen molar-refractivity contribution in [2.45, 2.75) is 0 Å². The molecule has 0 atom stereocenters. The lowest BCUT2D eigenvalue weighted by Crippen LogP contribution is -2.04. The van der Waals surface area contributed by atoms with E-state index in [9.17, 15) is 10.1 Å². The largest absolute Gasteiger partial charge is 0.307 e. The molecule has 4 rings (SSSR count). The highest BCUT2D eigenvalue weighted by molar-refractivity contribution is 6.30. The first-order chi connectivity index (χ1) is 12.7. The molecule has 4 heteroatoms. The number of fused-ring (bicyclic) bond motifs is 1. The Labute approximate surface area is 155 Å². The molecule has 0 aliphatic heterocycles. The van der Waals surface area contributed by atoms with E-state index in [1.807, 2.05) is 48.5 Å². The minimum atomic E-state index is -0.171. The topological polar surface area (TPSA) is 45.3 Å². The van der Waals surface area contributed by atoms with Crippen LogP contribution in [0.2, 0.25) is 5.02 Å². The fourth-order valence-corrected chi connectivity index (χ4v) is 3.31. The number of carbonyl (C=O) groups excluding carboxylic acids is 1. The van der Waals surface area contributed by atoms with Gasteiger partial charge in [-0.15, -0.1) is 0 Å². The predicted molar refractivity (Wildman–Crippen MR) is 102 cm³/mol. The maximum atomic E-state index is 13.3. The number of aromatic nitrogens is 1. The van der Waals surface area contributed by atoms with E-state index in [4.69, 9.17) is 11.6 Å². The molecule has 0 saturated carbocycles. The molecule has 0 radical (unpaired) electrons. The number of hydrogen-bond acceptors (Lipinski definition) is 2. The predicted octanol–water partition coefficient (Wildman–Crippen LogP) is 5.36. The van der Waals surface area contributed by atoms with Gasteiger partial charge in [-0.1, -0.05) is 60.1 Å². The molecule has 2 aromatic carbocycles. The fourth-order valence-electron chi connectivity index (χ4n) is 3.18. The monoisotopic (exact) mass is 356 g/mol. The van der Waals surface area contributed by atoms with Gasteiger partial charge in [0.2, 0.25) is 0 Å². The molecule has 124 valence electrons. The van der Waals surface area contributed by atoms with E-state index in [-0.39, 0.29) is 5.78 Å². The summed E-state index contributed by atoms with van der Waals surface area (Å²) in [6.07, 6.45) is 1.80. The number of halogens is 1. The smallest absolute Gasteiger partial charge is 0.196 e. The Hall–Kier alpha value is -3.35. The van der Waals surface area contributed by atoms with Crippen LogP contribution < -0.4 is 0 Å². The van der Waals surface area contributed by atoms with Gasteiger partial charge in [0, 0.05) is 22.3 Å². The van der Waals surface area contributed by atoms with Crippen molar-refractivity contribution in [2.24, 2.45) is 0 Å². The van der Waals surface area contributed by atoms with Crippen molar-refractivity contribution in [2.75, 3.05) is 0 Å². The van der Waals surface area contributed by atoms with Crippen LogP contribution in [0.15, 0.2) is 79.0 Å². The lowest BCUT2D eigenvalue weighted by atomic mass is 9.95. The van der Waals surface area contributed by atoms with Crippen molar-refractivity contribution in [3.63, 3.8) is 0 Å². The van der Waals surface area contributed by atoms with Gasteiger partial charge in [0.15, 0.2) is 5.78 Å². The third kappa shape index (κ3) is 2.57. The van der Waals surface area contributed by atoms with E-state index in [1.54, 1.807) is 34.9 Å². The second-order valence-electron chi connectivity index (χ2n) is 5.87. The summed E-state index contributed by atoms with van der Waals surface area (Å²) in [6.45, 7) is 0. The summed E-state index contributed by atoms with van der Waals surface area (Å²) in [6, 6.07) is 24.2. The Balaban J connectivity index is 2.08. The van der Waals surface area contributed by atoms with Gasteiger partial charge in [-0.2, -0.15) is 5.26 Å². The van der Waals surface area contributed by atoms with Gasteiger partial charge in [-0.05, 0) is 29.8 Å². The molecule has 0 bridgehead atoms. The summed E-state index contributed by atoms with van der Waals surface area (Å²) in [5.41, 5.74) is 3.69. The normalized spacial score (nSPS) is 10.6. The Morgan fingerprint density at radius 3 is 2.31 bits per heavy atom. The zero-order valence-corrected chi connectivity index (χ0v) is 14.4. The van der Waals surface area contributed by atoms with E-state index < -0.39 is 0 Å². The molecule has 26 heavy (non-hydrogen) atoms. The highest BCUT2D eigenvalue weighted by Gasteiger charge is 2.25. The Morgan fingerprint density at radius 1 is 0.923 bits per heavy atom. The molecule has 4 aromatic rings. The summed E-state index contributed by atoms with van der Waals surface area (Å²) >= 11 is 6.02. The Morgan fingerprint density at radius 2 is 1.62 bits per heavy atom. The number of ketones is 1. The summed E-state index contributed by atoms with van der Waals surface area (Å²) < 4.78 is 1.76. The molecule has 0 amide bonds. The lowest BCUT2D eigenvalue weighted by molar-refractivity contribution is 0.103. The molecule has 0 aliphatic carbocycles. The van der Waals surface area contributed by atoms with Crippen LogP contribution in [0.5, 0.6) is 0 Å². The average molecular weight is 357 g/mol. The summed E-state index contributed by atoms with van der Waals surface area (Å²) in [4.78, 5) is 13.3. The van der Waals surface area contributed by atoms with Crippen LogP contribution in [-0.4, -0.2) is 10.2 Å². The zero-order valence-electron chi connectivity index (χ0n) is 13.7. The number of pyridine rings is 1. The molecule has 3 nitrogen and oxygen atoms in total. The summed E-state index contributed by atoms with van der Waals surface area (Å²) in [5.74, 6) is -0.171. The van der Waals surface area contributed by atoms with Crippen molar-refractivity contribution in [1.82, 2.24) is 4.40 Å². The molecular weight excluding hydrogens is 344 g/mol. The van der Waals surface area contributed by atoms with Crippen LogP contribution in [0, 0.1) is 11.3 Å². The molecule has 2 aromatic heterocycles. The number of carbonyl (C=O) groups is 1. The number of hydrogen-bond donors (Lipinski definition) is 0. The van der Waals surface area contributed by atoms with E-state index in [1.165, 1.54) is 0 Å². The van der Waals surface area contributed by atoms with E-state index in [2.05, 4.69) is 6.07 Å². The maximum Gasteiger partial charge on any atom is 0.196 e. The van der Waals surface area contributed by atoms with Gasteiger partial charge in [0.25, 0.3) is 0 Å². The quantitative estimate of drug-likeness (QED) is 0.464. The highest BCUT2D eigenvalue weighted by atomic mass is 35.5. The van der Waals surface area contributed by atoms with Crippen molar-refractivity contribution in [1.29, 1.82) is 5.26 Å². The second kappa shape index (κ2) is 6.51. The van der Waals surface area contributed by atoms with Crippen molar-refractivity contribution >= 4 is 22.9 Å². The number of nitriles is 1. The molecule has 0 aliphatic rings. The molecule has 0 fully saturated rings. The van der Waals surface area contributed by atoms with Crippen LogP contribution in [0.25, 0.3) is 16.6 Å². The molecular formula is C22H13ClN2O. The van der Waals surface area contributed by atoms with Crippen molar-refractivity contribution in [3.05, 3.63) is 101 Å². The van der Waals surface area contributed by atoms with Gasteiger partial charge in [-0.3, -0.25) is 4.79 Å². The number of benzene rings is 2. The van der Waals surface area contributed by atoms with Gasteiger partial charge >= 0.3 is 0 Å². The third-order valence-corrected chi connectivity index (χ3v) is 4.60. The maximum absolute atomic E-state index is 13.3. The zero-order chi connectivity index (χ0) is 18.1. The summed E-state index contributed by atoms with van der Waals surface area (Å²) in [5, 5.41) is 10.4. The number of rotatable bonds is 3. The molecule has 0 N–H and O–H groups in total. The van der Waals surface area contributed by atoms with Gasteiger partial charge in [0.05, 0.1) is 11.1 Å². The Bertz CT molecular complexity index is 1150. The standard InChI is InChI=1S/C22H13ClN2O/c23-17-11-9-15(10-12-17)20-18-8-4-5-13-25(18)19(14-24)21(20)22(26)16-6-2-1-3-7-16/h1-13H. The van der Waals surface area contributed by atoms with Gasteiger partial charge < -0.3 is 4.40 Å². The minimum Gasteiger partial charge on any atom is -0.307 e. The number of nitrogens with zero attached hydrogens (tertiary/aromatic N) is 2. The van der Waals surface area contributed by atoms with E-state index in [0.29, 0.717) is 21.8 Å². The van der Waals surface area contributed by atoms with Crippen LogP contribution in [-0.2, 0) is 0 Å². The average Bonchev–Trinajstić information content (AvgIpc) is 3.03. The first-order valence-corrected chi connectivity index (χ1v) is 8.47. The van der Waals surface area contributed by atoms with Gasteiger partial charge in [0.1, 0.15) is 11.8 Å². The summed E-state index contributed by atoms with van der Waals surface area (Å²) in [7, 11) is 0. The Kier molecular flexibility index (Phi) is 4.04. The highest BCUT2D eigenvalue weighted by Crippen LogP contribution is 2.35. The van der Waals surface area contributed by atoms with Crippen LogP contribution in [0.3, 0.4) is 0 Å². The van der Waals surface area contributed by atoms with Crippen molar-refractivity contribution < 1.29 is 4.79 Å². The minimum absolute atomic E-state index is 0.171. The fraction of sp³-hybridized carbons (Fsp3) is 0. The van der Waals surface area contributed by atoms with Gasteiger partial charge in [-0.25, -0.2) is 0 Å². The van der Waals surface area contributed by atoms with Crippen LogP contribution in [0.1, 0.15) is 21.6 Å². The van der Waals surface area contributed by atoms with E-state index in [0.717, 1.165) is 16.6 Å². The molecule has 0 spiro atoms. The van der Waals surface area contributed by atoms with Crippen molar-refractivity contribution in [3.8, 4) is 17.2 Å². The van der Waals surface area contributed by atoms with Crippen LogP contribution >= 0.6 is 11.6 Å².